The summed E-state index contributed by atoms with van der Waals surface area (Å²) in [6, 6.07) is 8.62. The van der Waals surface area contributed by atoms with Crippen molar-refractivity contribution >= 4 is 34.2 Å². The molecule has 0 unspecified atom stereocenters. The van der Waals surface area contributed by atoms with Gasteiger partial charge in [-0.05, 0) is 45.2 Å². The Morgan fingerprint density at radius 2 is 1.83 bits per heavy atom. The Morgan fingerprint density at radius 3 is 2.52 bits per heavy atom. The van der Waals surface area contributed by atoms with Crippen LogP contribution in [-0.2, 0) is 10.2 Å². The number of fused-ring (bicyclic) bond motifs is 3. The molecular formula is C22H29N5OS. The van der Waals surface area contributed by atoms with E-state index in [-0.39, 0.29) is 11.3 Å². The van der Waals surface area contributed by atoms with Gasteiger partial charge in [-0.2, -0.15) is 0 Å². The molecule has 1 aliphatic heterocycles. The first-order valence-corrected chi connectivity index (χ1v) is 11.3. The Hall–Kier alpha value is -2.15. The van der Waals surface area contributed by atoms with Crippen LogP contribution in [0, 0.1) is 0 Å². The first-order chi connectivity index (χ1) is 13.8. The molecule has 4 rings (SSSR count). The van der Waals surface area contributed by atoms with Crippen LogP contribution in [0.5, 0.6) is 0 Å². The largest absolute Gasteiger partial charge is 0.337 e. The van der Waals surface area contributed by atoms with Crippen molar-refractivity contribution in [2.24, 2.45) is 0 Å². The highest BCUT2D eigenvalue weighted by molar-refractivity contribution is 7.99. The molecule has 3 aromatic rings. The smallest absolute Gasteiger partial charge is 0.233 e. The molecule has 1 aromatic carbocycles. The third-order valence-electron chi connectivity index (χ3n) is 5.69. The summed E-state index contributed by atoms with van der Waals surface area (Å²) in [6.07, 6.45) is 3.36. The zero-order valence-corrected chi connectivity index (χ0v) is 18.7. The predicted octanol–water partition coefficient (Wildman–Crippen LogP) is 4.46. The quantitative estimate of drug-likeness (QED) is 0.596. The van der Waals surface area contributed by atoms with E-state index in [1.807, 2.05) is 28.7 Å². The molecular weight excluding hydrogens is 382 g/mol. The number of likely N-dealkylation sites (tertiary alicyclic amines) is 1. The van der Waals surface area contributed by atoms with E-state index in [2.05, 4.69) is 49.7 Å². The number of amides is 1. The van der Waals surface area contributed by atoms with Crippen LogP contribution >= 0.6 is 11.8 Å². The van der Waals surface area contributed by atoms with E-state index in [0.717, 1.165) is 40.4 Å². The maximum absolute atomic E-state index is 13.0. The molecule has 7 heteroatoms. The number of para-hydroxylation sites is 1. The van der Waals surface area contributed by atoms with Crippen molar-refractivity contribution in [3.63, 3.8) is 0 Å². The van der Waals surface area contributed by atoms with Crippen molar-refractivity contribution in [1.29, 1.82) is 0 Å². The first-order valence-electron chi connectivity index (χ1n) is 10.4. The molecule has 0 N–H and O–H groups in total. The highest BCUT2D eigenvalue weighted by Gasteiger charge is 2.30. The van der Waals surface area contributed by atoms with Gasteiger partial charge in [0.15, 0.2) is 10.8 Å². The zero-order valence-electron chi connectivity index (χ0n) is 17.8. The van der Waals surface area contributed by atoms with Crippen LogP contribution in [0.15, 0.2) is 29.4 Å². The van der Waals surface area contributed by atoms with E-state index in [9.17, 15) is 4.79 Å². The SMILES string of the molecule is C[C@@H]1CCC[C@@H](C)N1C(=O)CSc1nnc2c3ccccc3nc(C(C)(C)C)n12. The minimum Gasteiger partial charge on any atom is -0.337 e. The molecule has 154 valence electrons. The van der Waals surface area contributed by atoms with Gasteiger partial charge in [0.05, 0.1) is 11.3 Å². The highest BCUT2D eigenvalue weighted by Crippen LogP contribution is 2.30. The molecule has 1 fully saturated rings. The number of piperidine rings is 1. The van der Waals surface area contributed by atoms with E-state index in [4.69, 9.17) is 4.98 Å². The average molecular weight is 412 g/mol. The van der Waals surface area contributed by atoms with E-state index in [0.29, 0.717) is 17.8 Å². The van der Waals surface area contributed by atoms with E-state index < -0.39 is 0 Å². The van der Waals surface area contributed by atoms with Crippen molar-refractivity contribution in [3.8, 4) is 0 Å². The predicted molar refractivity (Wildman–Crippen MR) is 117 cm³/mol. The summed E-state index contributed by atoms with van der Waals surface area (Å²) < 4.78 is 2.03. The topological polar surface area (TPSA) is 63.4 Å². The molecule has 2 atom stereocenters. The molecule has 0 radical (unpaired) electrons. The number of thioether (sulfide) groups is 1. The van der Waals surface area contributed by atoms with E-state index >= 15 is 0 Å². The Labute approximate surface area is 176 Å². The van der Waals surface area contributed by atoms with Crippen LogP contribution in [0.4, 0.5) is 0 Å². The maximum atomic E-state index is 13.0. The van der Waals surface area contributed by atoms with Gasteiger partial charge in [-0.3, -0.25) is 9.20 Å². The Kier molecular flexibility index (Phi) is 5.27. The van der Waals surface area contributed by atoms with Gasteiger partial charge < -0.3 is 4.90 Å². The second-order valence-corrected chi connectivity index (χ2v) is 10.0. The van der Waals surface area contributed by atoms with Crippen molar-refractivity contribution in [3.05, 3.63) is 30.1 Å². The molecule has 1 saturated heterocycles. The molecule has 0 aliphatic carbocycles. The summed E-state index contributed by atoms with van der Waals surface area (Å²) in [5, 5.41) is 10.6. The number of benzene rings is 1. The molecule has 0 spiro atoms. The highest BCUT2D eigenvalue weighted by atomic mass is 32.2. The van der Waals surface area contributed by atoms with Gasteiger partial charge >= 0.3 is 0 Å². The van der Waals surface area contributed by atoms with Gasteiger partial charge in [-0.15, -0.1) is 10.2 Å². The summed E-state index contributed by atoms with van der Waals surface area (Å²) in [5.41, 5.74) is 1.54. The summed E-state index contributed by atoms with van der Waals surface area (Å²) in [5.74, 6) is 1.45. The minimum absolute atomic E-state index is 0.178. The van der Waals surface area contributed by atoms with Gasteiger partial charge in [0.2, 0.25) is 5.91 Å². The van der Waals surface area contributed by atoms with Crippen molar-refractivity contribution < 1.29 is 4.79 Å². The van der Waals surface area contributed by atoms with Crippen LogP contribution in [0.1, 0.15) is 59.7 Å². The number of carbonyl (C=O) groups is 1. The van der Waals surface area contributed by atoms with Gasteiger partial charge in [-0.1, -0.05) is 44.7 Å². The molecule has 0 bridgehead atoms. The summed E-state index contributed by atoms with van der Waals surface area (Å²) in [4.78, 5) is 20.0. The number of rotatable bonds is 3. The van der Waals surface area contributed by atoms with Crippen molar-refractivity contribution in [1.82, 2.24) is 24.5 Å². The average Bonchev–Trinajstić information content (AvgIpc) is 3.09. The fourth-order valence-corrected chi connectivity index (χ4v) is 5.07. The van der Waals surface area contributed by atoms with Gasteiger partial charge in [-0.25, -0.2) is 4.98 Å². The second kappa shape index (κ2) is 7.59. The standard InChI is InChI=1S/C22H29N5OS/c1-14-9-8-10-15(2)26(14)18(28)13-29-21-25-24-19-16-11-6-7-12-17(16)23-20(27(19)21)22(3,4)5/h6-7,11-12,14-15H,8-10,13H2,1-5H3/t14-,15-/m1/s1. The van der Waals surface area contributed by atoms with Crippen LogP contribution in [-0.4, -0.2) is 48.2 Å². The Morgan fingerprint density at radius 1 is 1.14 bits per heavy atom. The van der Waals surface area contributed by atoms with Gasteiger partial charge in [0.25, 0.3) is 0 Å². The summed E-state index contributed by atoms with van der Waals surface area (Å²) in [6.45, 7) is 10.7. The fraction of sp³-hybridized carbons (Fsp3) is 0.545. The lowest BCUT2D eigenvalue weighted by molar-refractivity contribution is -0.134. The zero-order chi connectivity index (χ0) is 20.8. The normalized spacial score (nSPS) is 20.5. The maximum Gasteiger partial charge on any atom is 0.233 e. The summed E-state index contributed by atoms with van der Waals surface area (Å²) in [7, 11) is 0. The van der Waals surface area contributed by atoms with Crippen LogP contribution < -0.4 is 0 Å². The third kappa shape index (κ3) is 3.72. The second-order valence-electron chi connectivity index (χ2n) is 9.06. The lowest BCUT2D eigenvalue weighted by Gasteiger charge is -2.39. The molecule has 1 amide bonds. The third-order valence-corrected chi connectivity index (χ3v) is 6.61. The number of aromatic nitrogens is 4. The number of hydrogen-bond donors (Lipinski definition) is 0. The van der Waals surface area contributed by atoms with Crippen LogP contribution in [0.3, 0.4) is 0 Å². The number of carbonyl (C=O) groups excluding carboxylic acids is 1. The number of nitrogens with zero attached hydrogens (tertiary/aromatic N) is 5. The Balaban J connectivity index is 1.69. The molecule has 3 heterocycles. The van der Waals surface area contributed by atoms with Gasteiger partial charge in [0, 0.05) is 22.9 Å². The van der Waals surface area contributed by atoms with E-state index in [1.54, 1.807) is 0 Å². The molecule has 1 aliphatic rings. The molecule has 0 saturated carbocycles. The molecule has 6 nitrogen and oxygen atoms in total. The summed E-state index contributed by atoms with van der Waals surface area (Å²) >= 11 is 1.46. The lowest BCUT2D eigenvalue weighted by Crippen LogP contribution is -2.48. The van der Waals surface area contributed by atoms with Crippen LogP contribution in [0.2, 0.25) is 0 Å². The minimum atomic E-state index is -0.181. The molecule has 2 aromatic heterocycles. The van der Waals surface area contributed by atoms with Gasteiger partial charge in [0.1, 0.15) is 5.82 Å². The van der Waals surface area contributed by atoms with E-state index in [1.165, 1.54) is 18.2 Å². The monoisotopic (exact) mass is 411 g/mol. The molecule has 29 heavy (non-hydrogen) atoms. The van der Waals surface area contributed by atoms with Crippen molar-refractivity contribution in [2.45, 2.75) is 76.5 Å². The van der Waals surface area contributed by atoms with Crippen molar-refractivity contribution in [2.75, 3.05) is 5.75 Å². The van der Waals surface area contributed by atoms with Crippen LogP contribution in [0.25, 0.3) is 16.6 Å². The lowest BCUT2D eigenvalue weighted by atomic mass is 9.95. The fourth-order valence-electron chi connectivity index (χ4n) is 4.27. The Bertz CT molecular complexity index is 1040. The number of hydrogen-bond acceptors (Lipinski definition) is 5. The first kappa shape index (κ1) is 20.1.